The zero-order valence-electron chi connectivity index (χ0n) is 15.8. The molecule has 9 heteroatoms. The zero-order chi connectivity index (χ0) is 21.1. The third-order valence-corrected chi connectivity index (χ3v) is 7.36. The maximum Gasteiger partial charge on any atom is 0.416 e. The van der Waals surface area contributed by atoms with Gasteiger partial charge in [-0.2, -0.15) is 13.2 Å². The number of fused-ring (bicyclic) bond motifs is 1. The first-order valence-corrected chi connectivity index (χ1v) is 10.9. The van der Waals surface area contributed by atoms with E-state index < -0.39 is 39.7 Å². The maximum absolute atomic E-state index is 13.3. The number of rotatable bonds is 2. The van der Waals surface area contributed by atoms with Gasteiger partial charge in [0.1, 0.15) is 0 Å². The predicted molar refractivity (Wildman–Crippen MR) is 104 cm³/mol. The predicted octanol–water partition coefficient (Wildman–Crippen LogP) is 3.93. The molecule has 2 aromatic carbocycles. The van der Waals surface area contributed by atoms with Gasteiger partial charge in [0, 0.05) is 11.4 Å². The van der Waals surface area contributed by atoms with Gasteiger partial charge in [-0.3, -0.25) is 9.80 Å². The molecule has 4 rings (SSSR count). The van der Waals surface area contributed by atoms with Gasteiger partial charge in [0.15, 0.2) is 9.84 Å². The summed E-state index contributed by atoms with van der Waals surface area (Å²) in [6.45, 7) is 3.72. The fraction of sp³-hybridized carbons (Fsp3) is 0.350. The van der Waals surface area contributed by atoms with E-state index in [9.17, 15) is 26.4 Å². The van der Waals surface area contributed by atoms with Crippen LogP contribution in [-0.2, 0) is 16.0 Å². The maximum atomic E-state index is 13.3. The summed E-state index contributed by atoms with van der Waals surface area (Å²) in [4.78, 5) is 16.0. The molecule has 0 N–H and O–H groups in total. The van der Waals surface area contributed by atoms with Crippen LogP contribution in [0.5, 0.6) is 0 Å². The molecular weight excluding hydrogens is 405 g/mol. The van der Waals surface area contributed by atoms with Gasteiger partial charge in [-0.1, -0.05) is 18.2 Å². The minimum Gasteiger partial charge on any atom is -0.288 e. The van der Waals surface area contributed by atoms with Crippen LogP contribution >= 0.6 is 0 Å². The topological polar surface area (TPSA) is 57.7 Å². The van der Waals surface area contributed by atoms with E-state index >= 15 is 0 Å². The highest BCUT2D eigenvalue weighted by Gasteiger charge is 2.54. The summed E-state index contributed by atoms with van der Waals surface area (Å²) in [5.41, 5.74) is 1.51. The van der Waals surface area contributed by atoms with Gasteiger partial charge in [-0.25, -0.2) is 13.2 Å². The molecule has 2 aromatic rings. The number of urea groups is 1. The first-order valence-electron chi connectivity index (χ1n) is 9.06. The lowest BCUT2D eigenvalue weighted by atomic mass is 10.1. The summed E-state index contributed by atoms with van der Waals surface area (Å²) in [5.74, 6) is -0.493. The number of nitrogens with zero attached hydrogens (tertiary/aromatic N) is 2. The molecule has 0 saturated carbocycles. The van der Waals surface area contributed by atoms with Gasteiger partial charge in [0.05, 0.1) is 29.2 Å². The molecule has 29 heavy (non-hydrogen) atoms. The molecule has 2 aliphatic rings. The minimum absolute atomic E-state index is 0.0460. The van der Waals surface area contributed by atoms with E-state index in [1.807, 2.05) is 19.9 Å². The molecule has 0 radical (unpaired) electrons. The Balaban J connectivity index is 1.84. The van der Waals surface area contributed by atoms with Gasteiger partial charge < -0.3 is 0 Å². The average Bonchev–Trinajstić information content (AvgIpc) is 3.06. The largest absolute Gasteiger partial charge is 0.416 e. The highest BCUT2D eigenvalue weighted by atomic mass is 32.2. The summed E-state index contributed by atoms with van der Waals surface area (Å²) < 4.78 is 64.2. The van der Waals surface area contributed by atoms with Gasteiger partial charge in [-0.05, 0) is 49.2 Å². The number of sulfone groups is 1. The molecular formula is C20H19F3N2O3S. The molecule has 2 fully saturated rings. The van der Waals surface area contributed by atoms with E-state index in [2.05, 4.69) is 0 Å². The Morgan fingerprint density at radius 1 is 0.966 bits per heavy atom. The van der Waals surface area contributed by atoms with Gasteiger partial charge in [0.2, 0.25) is 0 Å². The Labute approximate surface area is 166 Å². The molecule has 0 bridgehead atoms. The number of carbonyl (C=O) groups is 1. The fourth-order valence-electron chi connectivity index (χ4n) is 4.12. The van der Waals surface area contributed by atoms with Crippen LogP contribution < -0.4 is 9.80 Å². The smallest absolute Gasteiger partial charge is 0.288 e. The molecule has 2 heterocycles. The summed E-state index contributed by atoms with van der Waals surface area (Å²) in [7, 11) is -3.43. The van der Waals surface area contributed by atoms with Crippen LogP contribution in [-0.4, -0.2) is 38.0 Å². The average molecular weight is 424 g/mol. The second kappa shape index (κ2) is 6.48. The molecule has 2 aliphatic heterocycles. The molecule has 154 valence electrons. The normalized spacial score (nSPS) is 23.6. The van der Waals surface area contributed by atoms with E-state index in [0.29, 0.717) is 5.69 Å². The van der Waals surface area contributed by atoms with Gasteiger partial charge >= 0.3 is 12.2 Å². The van der Waals surface area contributed by atoms with E-state index in [4.69, 9.17) is 0 Å². The number of aryl methyl sites for hydroxylation is 1. The fourth-order valence-corrected chi connectivity index (χ4v) is 6.04. The molecule has 0 spiro atoms. The molecule has 2 saturated heterocycles. The van der Waals surface area contributed by atoms with Crippen LogP contribution in [0.15, 0.2) is 42.5 Å². The van der Waals surface area contributed by atoms with Crippen LogP contribution in [0.25, 0.3) is 0 Å². The van der Waals surface area contributed by atoms with Crippen molar-refractivity contribution in [3.8, 4) is 0 Å². The van der Waals surface area contributed by atoms with Crippen LogP contribution in [0.1, 0.15) is 16.7 Å². The van der Waals surface area contributed by atoms with Crippen molar-refractivity contribution >= 4 is 27.2 Å². The van der Waals surface area contributed by atoms with E-state index in [1.54, 1.807) is 12.1 Å². The Morgan fingerprint density at radius 3 is 2.24 bits per heavy atom. The first-order chi connectivity index (χ1) is 13.5. The monoisotopic (exact) mass is 424 g/mol. The van der Waals surface area contributed by atoms with Crippen molar-refractivity contribution in [1.29, 1.82) is 0 Å². The standard InChI is InChI=1S/C20H19F3N2O3S/c1-12-5-3-8-16(13(12)2)25-18-11-29(27,28)10-17(18)24(19(25)26)15-7-4-6-14(9-15)20(21,22)23/h3-9,17-18H,10-11H2,1-2H3. The SMILES string of the molecule is Cc1cccc(N2C(=O)N(c3cccc(C(F)(F)F)c3)C3CS(=O)(=O)CC32)c1C. The third kappa shape index (κ3) is 3.27. The number of amides is 2. The Kier molecular flexibility index (Phi) is 4.41. The molecule has 0 aromatic heterocycles. The highest BCUT2D eigenvalue weighted by Crippen LogP contribution is 2.40. The van der Waals surface area contributed by atoms with Crippen molar-refractivity contribution in [2.45, 2.75) is 32.1 Å². The van der Waals surface area contributed by atoms with Crippen molar-refractivity contribution in [3.63, 3.8) is 0 Å². The van der Waals surface area contributed by atoms with Crippen LogP contribution in [0.2, 0.25) is 0 Å². The Bertz CT molecular complexity index is 1100. The van der Waals surface area contributed by atoms with E-state index in [0.717, 1.165) is 23.3 Å². The zero-order valence-corrected chi connectivity index (χ0v) is 16.6. The van der Waals surface area contributed by atoms with E-state index in [-0.39, 0.29) is 17.2 Å². The third-order valence-electron chi connectivity index (χ3n) is 5.66. The summed E-state index contributed by atoms with van der Waals surface area (Å²) >= 11 is 0. The van der Waals surface area contributed by atoms with Crippen molar-refractivity contribution in [3.05, 3.63) is 59.2 Å². The van der Waals surface area contributed by atoms with Crippen molar-refractivity contribution in [1.82, 2.24) is 0 Å². The molecule has 2 atom stereocenters. The lowest BCUT2D eigenvalue weighted by molar-refractivity contribution is -0.137. The van der Waals surface area contributed by atoms with Crippen LogP contribution in [0.3, 0.4) is 0 Å². The molecule has 5 nitrogen and oxygen atoms in total. The van der Waals surface area contributed by atoms with Crippen molar-refractivity contribution < 1.29 is 26.4 Å². The van der Waals surface area contributed by atoms with E-state index in [1.165, 1.54) is 21.9 Å². The summed E-state index contributed by atoms with van der Waals surface area (Å²) in [6.07, 6.45) is -4.56. The number of halogens is 3. The van der Waals surface area contributed by atoms with Crippen molar-refractivity contribution in [2.24, 2.45) is 0 Å². The lowest BCUT2D eigenvalue weighted by Gasteiger charge is -2.25. The summed E-state index contributed by atoms with van der Waals surface area (Å²) in [6, 6.07) is 7.94. The number of alkyl halides is 3. The van der Waals surface area contributed by atoms with Crippen LogP contribution in [0.4, 0.5) is 29.3 Å². The van der Waals surface area contributed by atoms with Crippen molar-refractivity contribution in [2.75, 3.05) is 21.3 Å². The minimum atomic E-state index is -4.56. The second-order valence-electron chi connectivity index (χ2n) is 7.50. The number of hydrogen-bond acceptors (Lipinski definition) is 3. The number of benzene rings is 2. The Hall–Kier alpha value is -2.55. The second-order valence-corrected chi connectivity index (χ2v) is 9.66. The first kappa shape index (κ1) is 19.8. The van der Waals surface area contributed by atoms with Gasteiger partial charge in [-0.15, -0.1) is 0 Å². The lowest BCUT2D eigenvalue weighted by Crippen LogP contribution is -2.38. The molecule has 2 amide bonds. The molecule has 2 unspecified atom stereocenters. The number of hydrogen-bond donors (Lipinski definition) is 0. The number of carbonyl (C=O) groups excluding carboxylic acids is 1. The Morgan fingerprint density at radius 2 is 1.59 bits per heavy atom. The quantitative estimate of drug-likeness (QED) is 0.687. The van der Waals surface area contributed by atoms with Crippen LogP contribution in [0, 0.1) is 13.8 Å². The summed E-state index contributed by atoms with van der Waals surface area (Å²) in [5, 5.41) is 0. The highest BCUT2D eigenvalue weighted by molar-refractivity contribution is 7.91. The molecule has 0 aliphatic carbocycles. The number of anilines is 2. The van der Waals surface area contributed by atoms with Gasteiger partial charge in [0.25, 0.3) is 0 Å².